The number of benzene rings is 2. The Balaban J connectivity index is 1.61. The predicted octanol–water partition coefficient (Wildman–Crippen LogP) is 3.63. The number of hydrogen-bond acceptors (Lipinski definition) is 3. The van der Waals surface area contributed by atoms with E-state index in [1.807, 2.05) is 44.2 Å². The summed E-state index contributed by atoms with van der Waals surface area (Å²) in [4.78, 5) is 39.1. The first kappa shape index (κ1) is 21.8. The third-order valence-electron chi connectivity index (χ3n) is 5.46. The lowest BCUT2D eigenvalue weighted by atomic mass is 9.87. The molecular formula is C23H26ClN3O3. The first-order chi connectivity index (χ1) is 14.4. The van der Waals surface area contributed by atoms with Crippen molar-refractivity contribution >= 4 is 29.4 Å². The molecule has 7 heteroatoms. The number of nitrogens with one attached hydrogen (secondary N) is 2. The summed E-state index contributed by atoms with van der Waals surface area (Å²) in [6.07, 6.45) is 1.96. The number of nitrogens with zero attached hydrogens (tertiary/aromatic N) is 1. The molecule has 0 radical (unpaired) electrons. The Morgan fingerprint density at radius 3 is 2.43 bits per heavy atom. The van der Waals surface area contributed by atoms with Crippen LogP contribution < -0.4 is 10.6 Å². The summed E-state index contributed by atoms with van der Waals surface area (Å²) in [5, 5.41) is 6.20. The zero-order valence-electron chi connectivity index (χ0n) is 17.2. The van der Waals surface area contributed by atoms with Crippen molar-refractivity contribution in [3.63, 3.8) is 0 Å². The second-order valence-corrected chi connectivity index (χ2v) is 8.02. The molecule has 0 unspecified atom stereocenters. The molecule has 0 spiro atoms. The van der Waals surface area contributed by atoms with Crippen molar-refractivity contribution in [3.8, 4) is 0 Å². The van der Waals surface area contributed by atoms with Crippen molar-refractivity contribution in [2.75, 3.05) is 6.54 Å². The van der Waals surface area contributed by atoms with Gasteiger partial charge < -0.3 is 10.6 Å². The SMILES string of the molecule is CC[C@]1(c2ccc(Cl)cc2)NC(=O)N(CC(=O)N[C@@H](C)CCc2ccccc2)C1=O. The molecule has 1 saturated heterocycles. The van der Waals surface area contributed by atoms with E-state index >= 15 is 0 Å². The quantitative estimate of drug-likeness (QED) is 0.631. The summed E-state index contributed by atoms with van der Waals surface area (Å²) >= 11 is 5.95. The Kier molecular flexibility index (Phi) is 6.77. The zero-order valence-corrected chi connectivity index (χ0v) is 17.9. The maximum Gasteiger partial charge on any atom is 0.325 e. The van der Waals surface area contributed by atoms with Crippen molar-refractivity contribution < 1.29 is 14.4 Å². The minimum atomic E-state index is -1.18. The van der Waals surface area contributed by atoms with E-state index in [2.05, 4.69) is 10.6 Å². The summed E-state index contributed by atoms with van der Waals surface area (Å²) in [6, 6.07) is 16.2. The largest absolute Gasteiger partial charge is 0.352 e. The lowest BCUT2D eigenvalue weighted by Gasteiger charge is -2.26. The molecule has 0 aliphatic carbocycles. The van der Waals surface area contributed by atoms with Gasteiger partial charge in [-0.1, -0.05) is 61.0 Å². The molecule has 158 valence electrons. The van der Waals surface area contributed by atoms with Crippen molar-refractivity contribution in [1.29, 1.82) is 0 Å². The first-order valence-electron chi connectivity index (χ1n) is 10.1. The Labute approximate surface area is 181 Å². The molecule has 2 atom stereocenters. The molecule has 2 aromatic carbocycles. The highest BCUT2D eigenvalue weighted by Crippen LogP contribution is 2.33. The first-order valence-corrected chi connectivity index (χ1v) is 10.5. The zero-order chi connectivity index (χ0) is 21.7. The minimum Gasteiger partial charge on any atom is -0.352 e. The third kappa shape index (κ3) is 4.65. The Hall–Kier alpha value is -2.86. The summed E-state index contributed by atoms with van der Waals surface area (Å²) in [6.45, 7) is 3.43. The number of imide groups is 1. The number of hydrogen-bond donors (Lipinski definition) is 2. The van der Waals surface area contributed by atoms with E-state index < -0.39 is 17.5 Å². The van der Waals surface area contributed by atoms with Crippen LogP contribution in [0, 0.1) is 0 Å². The third-order valence-corrected chi connectivity index (χ3v) is 5.71. The van der Waals surface area contributed by atoms with Crippen LogP contribution in [-0.2, 0) is 21.5 Å². The fraction of sp³-hybridized carbons (Fsp3) is 0.348. The highest BCUT2D eigenvalue weighted by molar-refractivity contribution is 6.30. The molecule has 0 bridgehead atoms. The Morgan fingerprint density at radius 1 is 1.13 bits per heavy atom. The van der Waals surface area contributed by atoms with Crippen LogP contribution >= 0.6 is 11.6 Å². The average Bonchev–Trinajstić information content (AvgIpc) is 2.98. The van der Waals surface area contributed by atoms with Gasteiger partial charge in [0.15, 0.2) is 0 Å². The molecule has 0 saturated carbocycles. The molecule has 6 nitrogen and oxygen atoms in total. The van der Waals surface area contributed by atoms with Crippen molar-refractivity contribution in [2.24, 2.45) is 0 Å². The van der Waals surface area contributed by atoms with Gasteiger partial charge in [-0.05, 0) is 49.4 Å². The molecule has 30 heavy (non-hydrogen) atoms. The maximum atomic E-state index is 13.1. The molecule has 4 amide bonds. The lowest BCUT2D eigenvalue weighted by molar-refractivity contribution is -0.135. The molecule has 2 aromatic rings. The smallest absolute Gasteiger partial charge is 0.325 e. The minimum absolute atomic E-state index is 0.0781. The molecule has 0 aromatic heterocycles. The van der Waals surface area contributed by atoms with E-state index in [-0.39, 0.29) is 18.5 Å². The summed E-state index contributed by atoms with van der Waals surface area (Å²) in [7, 11) is 0. The highest BCUT2D eigenvalue weighted by atomic mass is 35.5. The number of aryl methyl sites for hydroxylation is 1. The van der Waals surface area contributed by atoms with Crippen LogP contribution in [0.1, 0.15) is 37.8 Å². The standard InChI is InChI=1S/C23H26ClN3O3/c1-3-23(18-11-13-19(24)14-12-18)21(29)27(22(30)26-23)15-20(28)25-16(2)9-10-17-7-5-4-6-8-17/h4-8,11-14,16H,3,9-10,15H2,1-2H3,(H,25,28)(H,26,30)/t16-,23+/m0/s1. The van der Waals surface area contributed by atoms with Gasteiger partial charge in [-0.15, -0.1) is 0 Å². The van der Waals surface area contributed by atoms with E-state index in [9.17, 15) is 14.4 Å². The number of carbonyl (C=O) groups excluding carboxylic acids is 3. The van der Waals surface area contributed by atoms with Gasteiger partial charge in [0.1, 0.15) is 12.1 Å². The van der Waals surface area contributed by atoms with Crippen LogP contribution in [0.2, 0.25) is 5.02 Å². The molecule has 2 N–H and O–H groups in total. The normalized spacial score (nSPS) is 19.5. The number of rotatable bonds is 8. The van der Waals surface area contributed by atoms with Crippen LogP contribution in [0.5, 0.6) is 0 Å². The average molecular weight is 428 g/mol. The Morgan fingerprint density at radius 2 is 1.80 bits per heavy atom. The van der Waals surface area contributed by atoms with Crippen molar-refractivity contribution in [2.45, 2.75) is 44.7 Å². The summed E-state index contributed by atoms with van der Waals surface area (Å²) in [5.41, 5.74) is 0.663. The van der Waals surface area contributed by atoms with Crippen LogP contribution in [0.15, 0.2) is 54.6 Å². The van der Waals surface area contributed by atoms with Gasteiger partial charge in [-0.3, -0.25) is 14.5 Å². The molecule has 1 fully saturated rings. The predicted molar refractivity (Wildman–Crippen MR) is 116 cm³/mol. The number of carbonyl (C=O) groups is 3. The van der Waals surface area contributed by atoms with Crippen molar-refractivity contribution in [1.82, 2.24) is 15.5 Å². The van der Waals surface area contributed by atoms with Gasteiger partial charge >= 0.3 is 6.03 Å². The van der Waals surface area contributed by atoms with Gasteiger partial charge in [0.25, 0.3) is 5.91 Å². The topological polar surface area (TPSA) is 78.5 Å². The number of halogens is 1. The molecule has 1 heterocycles. The fourth-order valence-electron chi connectivity index (χ4n) is 3.71. The second kappa shape index (κ2) is 9.30. The summed E-state index contributed by atoms with van der Waals surface area (Å²) in [5.74, 6) is -0.786. The molecular weight excluding hydrogens is 402 g/mol. The fourth-order valence-corrected chi connectivity index (χ4v) is 3.83. The highest BCUT2D eigenvalue weighted by Gasteiger charge is 2.51. The van der Waals surface area contributed by atoms with Gasteiger partial charge in [-0.25, -0.2) is 4.79 Å². The van der Waals surface area contributed by atoms with Crippen LogP contribution in [-0.4, -0.2) is 35.3 Å². The van der Waals surface area contributed by atoms with Crippen LogP contribution in [0.4, 0.5) is 4.79 Å². The van der Waals surface area contributed by atoms with E-state index in [0.29, 0.717) is 17.0 Å². The summed E-state index contributed by atoms with van der Waals surface area (Å²) < 4.78 is 0. The van der Waals surface area contributed by atoms with Gasteiger partial charge in [0, 0.05) is 11.1 Å². The maximum absolute atomic E-state index is 13.1. The van der Waals surface area contributed by atoms with E-state index in [1.54, 1.807) is 24.3 Å². The second-order valence-electron chi connectivity index (χ2n) is 7.58. The van der Waals surface area contributed by atoms with Gasteiger partial charge in [0.05, 0.1) is 0 Å². The van der Waals surface area contributed by atoms with Gasteiger partial charge in [-0.2, -0.15) is 0 Å². The van der Waals surface area contributed by atoms with Crippen LogP contribution in [0.3, 0.4) is 0 Å². The van der Waals surface area contributed by atoms with Crippen LogP contribution in [0.25, 0.3) is 0 Å². The lowest BCUT2D eigenvalue weighted by Crippen LogP contribution is -2.46. The molecule has 3 rings (SSSR count). The number of amides is 4. The van der Waals surface area contributed by atoms with Gasteiger partial charge in [0.2, 0.25) is 5.91 Å². The monoisotopic (exact) mass is 427 g/mol. The molecule has 1 aliphatic heterocycles. The Bertz CT molecular complexity index is 917. The molecule has 1 aliphatic rings. The number of urea groups is 1. The van der Waals surface area contributed by atoms with E-state index in [4.69, 9.17) is 11.6 Å². The van der Waals surface area contributed by atoms with Crippen molar-refractivity contribution in [3.05, 3.63) is 70.7 Å². The van der Waals surface area contributed by atoms with E-state index in [0.717, 1.165) is 17.7 Å². The van der Waals surface area contributed by atoms with E-state index in [1.165, 1.54) is 5.56 Å².